The number of benzene rings is 3. The molecule has 214 valence electrons. The Morgan fingerprint density at radius 3 is 2.15 bits per heavy atom. The highest BCUT2D eigenvalue weighted by atomic mass is 35.5. The molecule has 40 heavy (non-hydrogen) atoms. The molecular formula is C31H38ClN3O4S. The zero-order chi connectivity index (χ0) is 29.4. The summed E-state index contributed by atoms with van der Waals surface area (Å²) in [7, 11) is -4.14. The first-order chi connectivity index (χ1) is 18.9. The van der Waals surface area contributed by atoms with Gasteiger partial charge in [-0.25, -0.2) is 8.42 Å². The van der Waals surface area contributed by atoms with Gasteiger partial charge in [-0.3, -0.25) is 13.9 Å². The van der Waals surface area contributed by atoms with Crippen LogP contribution >= 0.6 is 11.6 Å². The number of halogens is 1. The monoisotopic (exact) mass is 583 g/mol. The van der Waals surface area contributed by atoms with Gasteiger partial charge in [-0.15, -0.1) is 0 Å². The van der Waals surface area contributed by atoms with Crippen LogP contribution in [0.25, 0.3) is 0 Å². The SMILES string of the molecule is CCC(C(=O)NCC(C)C)N(Cc1cccc(C)c1)C(=O)CN(c1ccc(C)cc1)S(=O)(=O)c1ccc(Cl)cc1. The Morgan fingerprint density at radius 1 is 0.925 bits per heavy atom. The first-order valence-corrected chi connectivity index (χ1v) is 15.2. The Hall–Kier alpha value is -3.36. The molecule has 1 atom stereocenters. The van der Waals surface area contributed by atoms with Gasteiger partial charge in [-0.05, 0) is 68.1 Å². The van der Waals surface area contributed by atoms with Crippen LogP contribution in [0.3, 0.4) is 0 Å². The van der Waals surface area contributed by atoms with E-state index in [4.69, 9.17) is 11.6 Å². The lowest BCUT2D eigenvalue weighted by atomic mass is 10.1. The molecular weight excluding hydrogens is 546 g/mol. The van der Waals surface area contributed by atoms with Crippen molar-refractivity contribution >= 4 is 39.1 Å². The molecule has 0 aromatic heterocycles. The van der Waals surface area contributed by atoms with Crippen LogP contribution in [0, 0.1) is 19.8 Å². The van der Waals surface area contributed by atoms with E-state index in [1.807, 2.05) is 58.9 Å². The number of aryl methyl sites for hydroxylation is 2. The summed E-state index contributed by atoms with van der Waals surface area (Å²) in [6.45, 7) is 9.86. The maximum Gasteiger partial charge on any atom is 0.264 e. The minimum atomic E-state index is -4.14. The molecule has 7 nitrogen and oxygen atoms in total. The Morgan fingerprint density at radius 2 is 1.57 bits per heavy atom. The molecule has 2 amide bonds. The molecule has 3 aromatic carbocycles. The van der Waals surface area contributed by atoms with Crippen molar-refractivity contribution in [2.75, 3.05) is 17.4 Å². The summed E-state index contributed by atoms with van der Waals surface area (Å²) in [6.07, 6.45) is 0.371. The molecule has 0 bridgehead atoms. The standard InChI is InChI=1S/C31H38ClN3O4S/c1-6-29(31(37)33-19-22(2)3)34(20-25-9-7-8-24(5)18-25)30(36)21-35(27-14-10-23(4)11-15-27)40(38,39)28-16-12-26(32)13-17-28/h7-18,22,29H,6,19-21H2,1-5H3,(H,33,37). The third-order valence-electron chi connectivity index (χ3n) is 6.51. The highest BCUT2D eigenvalue weighted by Gasteiger charge is 2.33. The molecule has 3 rings (SSSR count). The lowest BCUT2D eigenvalue weighted by Gasteiger charge is -2.33. The number of carbonyl (C=O) groups excluding carboxylic acids is 2. The van der Waals surface area contributed by atoms with Crippen molar-refractivity contribution in [2.24, 2.45) is 5.92 Å². The van der Waals surface area contributed by atoms with E-state index in [0.717, 1.165) is 21.0 Å². The second-order valence-corrected chi connectivity index (χ2v) is 12.7. The van der Waals surface area contributed by atoms with Crippen LogP contribution in [-0.4, -0.2) is 44.3 Å². The van der Waals surface area contributed by atoms with Crippen molar-refractivity contribution in [2.45, 2.75) is 58.5 Å². The largest absolute Gasteiger partial charge is 0.354 e. The molecule has 0 saturated heterocycles. The van der Waals surface area contributed by atoms with Crippen molar-refractivity contribution in [1.82, 2.24) is 10.2 Å². The van der Waals surface area contributed by atoms with Crippen LogP contribution in [0.15, 0.2) is 77.7 Å². The molecule has 0 spiro atoms. The summed E-state index contributed by atoms with van der Waals surface area (Å²) in [6, 6.07) is 19.7. The second kappa shape index (κ2) is 13.8. The number of amides is 2. The Labute approximate surface area is 243 Å². The van der Waals surface area contributed by atoms with Gasteiger partial charge in [-0.2, -0.15) is 0 Å². The van der Waals surface area contributed by atoms with Crippen molar-refractivity contribution in [1.29, 1.82) is 0 Å². The van der Waals surface area contributed by atoms with E-state index in [1.54, 1.807) is 24.3 Å². The van der Waals surface area contributed by atoms with Crippen molar-refractivity contribution < 1.29 is 18.0 Å². The van der Waals surface area contributed by atoms with Crippen LogP contribution in [0.4, 0.5) is 5.69 Å². The number of anilines is 1. The molecule has 1 unspecified atom stereocenters. The maximum absolute atomic E-state index is 14.1. The molecule has 0 saturated carbocycles. The van der Waals surface area contributed by atoms with Crippen molar-refractivity contribution in [3.8, 4) is 0 Å². The highest BCUT2D eigenvalue weighted by Crippen LogP contribution is 2.26. The lowest BCUT2D eigenvalue weighted by molar-refractivity contribution is -0.140. The van der Waals surface area contributed by atoms with Gasteiger partial charge in [0.2, 0.25) is 11.8 Å². The van der Waals surface area contributed by atoms with Gasteiger partial charge in [0.25, 0.3) is 10.0 Å². The molecule has 0 aliphatic heterocycles. The van der Waals surface area contributed by atoms with Crippen LogP contribution < -0.4 is 9.62 Å². The summed E-state index contributed by atoms with van der Waals surface area (Å²) in [5.41, 5.74) is 3.18. The van der Waals surface area contributed by atoms with E-state index >= 15 is 0 Å². The zero-order valence-electron chi connectivity index (χ0n) is 23.7. The fraction of sp³-hybridized carbons (Fsp3) is 0.355. The molecule has 0 radical (unpaired) electrons. The van der Waals surface area contributed by atoms with E-state index in [1.165, 1.54) is 29.2 Å². The quantitative estimate of drug-likeness (QED) is 0.295. The maximum atomic E-state index is 14.1. The molecule has 0 aliphatic carbocycles. The third-order valence-corrected chi connectivity index (χ3v) is 8.55. The highest BCUT2D eigenvalue weighted by molar-refractivity contribution is 7.92. The van der Waals surface area contributed by atoms with E-state index in [9.17, 15) is 18.0 Å². The van der Waals surface area contributed by atoms with E-state index < -0.39 is 28.5 Å². The van der Waals surface area contributed by atoms with Crippen LogP contribution in [0.5, 0.6) is 0 Å². The fourth-order valence-electron chi connectivity index (χ4n) is 4.32. The molecule has 0 aliphatic rings. The van der Waals surface area contributed by atoms with Gasteiger partial charge in [-0.1, -0.05) is 79.9 Å². The Balaban J connectivity index is 2.04. The molecule has 9 heteroatoms. The van der Waals surface area contributed by atoms with E-state index in [0.29, 0.717) is 23.7 Å². The molecule has 3 aromatic rings. The summed E-state index contributed by atoms with van der Waals surface area (Å²) in [5.74, 6) is -0.505. The predicted octanol–water partition coefficient (Wildman–Crippen LogP) is 5.73. The molecule has 0 heterocycles. The Bertz CT molecular complexity index is 1410. The van der Waals surface area contributed by atoms with Crippen LogP contribution in [0.1, 0.15) is 43.9 Å². The van der Waals surface area contributed by atoms with Gasteiger partial charge >= 0.3 is 0 Å². The van der Waals surface area contributed by atoms with Gasteiger partial charge in [0, 0.05) is 18.1 Å². The van der Waals surface area contributed by atoms with Gasteiger partial charge in [0.15, 0.2) is 0 Å². The molecule has 1 N–H and O–H groups in total. The minimum absolute atomic E-state index is 0.0113. The smallest absolute Gasteiger partial charge is 0.264 e. The van der Waals surface area contributed by atoms with E-state index in [2.05, 4.69) is 5.32 Å². The second-order valence-electron chi connectivity index (χ2n) is 10.4. The number of nitrogens with zero attached hydrogens (tertiary/aromatic N) is 2. The van der Waals surface area contributed by atoms with Gasteiger partial charge in [0.1, 0.15) is 12.6 Å². The lowest BCUT2D eigenvalue weighted by Crippen LogP contribution is -2.52. The zero-order valence-corrected chi connectivity index (χ0v) is 25.3. The van der Waals surface area contributed by atoms with Crippen molar-refractivity contribution in [3.63, 3.8) is 0 Å². The average molecular weight is 584 g/mol. The minimum Gasteiger partial charge on any atom is -0.354 e. The Kier molecular flexibility index (Phi) is 10.8. The number of rotatable bonds is 12. The molecule has 0 fully saturated rings. The summed E-state index contributed by atoms with van der Waals surface area (Å²) < 4.78 is 28.8. The number of nitrogens with one attached hydrogen (secondary N) is 1. The number of hydrogen-bond acceptors (Lipinski definition) is 4. The summed E-state index contributed by atoms with van der Waals surface area (Å²) >= 11 is 6.01. The normalized spacial score (nSPS) is 12.2. The number of carbonyl (C=O) groups is 2. The number of hydrogen-bond donors (Lipinski definition) is 1. The van der Waals surface area contributed by atoms with Crippen LogP contribution in [0.2, 0.25) is 5.02 Å². The topological polar surface area (TPSA) is 86.8 Å². The number of sulfonamides is 1. The van der Waals surface area contributed by atoms with Gasteiger partial charge in [0.05, 0.1) is 10.6 Å². The van der Waals surface area contributed by atoms with E-state index in [-0.39, 0.29) is 23.3 Å². The predicted molar refractivity (Wildman–Crippen MR) is 161 cm³/mol. The first kappa shape index (κ1) is 31.2. The fourth-order valence-corrected chi connectivity index (χ4v) is 5.86. The van der Waals surface area contributed by atoms with Crippen LogP contribution in [-0.2, 0) is 26.2 Å². The summed E-state index contributed by atoms with van der Waals surface area (Å²) in [4.78, 5) is 28.9. The average Bonchev–Trinajstić information content (AvgIpc) is 2.91. The third kappa shape index (κ3) is 8.08. The van der Waals surface area contributed by atoms with Gasteiger partial charge < -0.3 is 10.2 Å². The first-order valence-electron chi connectivity index (χ1n) is 13.4. The van der Waals surface area contributed by atoms with Crippen molar-refractivity contribution in [3.05, 3.63) is 94.5 Å². The summed E-state index contributed by atoms with van der Waals surface area (Å²) in [5, 5.41) is 3.34.